The molecule has 0 aliphatic heterocycles. The van der Waals surface area contributed by atoms with E-state index in [1.54, 1.807) is 12.1 Å². The van der Waals surface area contributed by atoms with E-state index in [1.807, 2.05) is 52.0 Å². The van der Waals surface area contributed by atoms with E-state index in [0.29, 0.717) is 17.3 Å². The molecule has 138 valence electrons. The second kappa shape index (κ2) is 8.33. The van der Waals surface area contributed by atoms with Crippen LogP contribution in [-0.4, -0.2) is 29.0 Å². The Morgan fingerprint density at radius 2 is 1.77 bits per heavy atom. The second-order valence-electron chi connectivity index (χ2n) is 6.91. The average Bonchev–Trinajstić information content (AvgIpc) is 2.55. The van der Waals surface area contributed by atoms with E-state index in [9.17, 15) is 9.59 Å². The van der Waals surface area contributed by atoms with Crippen LogP contribution < -0.4 is 20.7 Å². The maximum absolute atomic E-state index is 11.8. The summed E-state index contributed by atoms with van der Waals surface area (Å²) in [5.41, 5.74) is 1.30. The summed E-state index contributed by atoms with van der Waals surface area (Å²) < 4.78 is 5.63. The number of carbonyl (C=O) groups is 2. The van der Waals surface area contributed by atoms with Gasteiger partial charge in [0.15, 0.2) is 0 Å². The zero-order chi connectivity index (χ0) is 19.2. The van der Waals surface area contributed by atoms with E-state index in [-0.39, 0.29) is 18.0 Å². The Balaban J connectivity index is 1.81. The minimum Gasteiger partial charge on any atom is -0.439 e. The molecule has 0 aliphatic carbocycles. The van der Waals surface area contributed by atoms with Gasteiger partial charge in [0.25, 0.3) is 0 Å². The van der Waals surface area contributed by atoms with Crippen LogP contribution in [0.5, 0.6) is 11.6 Å². The van der Waals surface area contributed by atoms with Gasteiger partial charge < -0.3 is 20.7 Å². The van der Waals surface area contributed by atoms with Crippen molar-refractivity contribution in [2.75, 3.05) is 11.9 Å². The Morgan fingerprint density at radius 3 is 2.35 bits per heavy atom. The number of amides is 3. The topological polar surface area (TPSA) is 92.4 Å². The van der Waals surface area contributed by atoms with E-state index in [1.165, 1.54) is 6.20 Å². The first-order chi connectivity index (χ1) is 12.2. The molecule has 0 saturated heterocycles. The lowest BCUT2D eigenvalue weighted by atomic mass is 10.1. The zero-order valence-electron chi connectivity index (χ0n) is 15.4. The average molecular weight is 356 g/mol. The Bertz CT molecular complexity index is 750. The van der Waals surface area contributed by atoms with Crippen LogP contribution in [0.25, 0.3) is 0 Å². The normalized spacial score (nSPS) is 10.8. The number of carbonyl (C=O) groups excluding carboxylic acids is 2. The van der Waals surface area contributed by atoms with E-state index in [0.717, 1.165) is 5.56 Å². The first-order valence-electron chi connectivity index (χ1n) is 8.28. The number of nitrogens with zero attached hydrogens (tertiary/aromatic N) is 1. The van der Waals surface area contributed by atoms with Gasteiger partial charge in [0.1, 0.15) is 5.75 Å². The van der Waals surface area contributed by atoms with Gasteiger partial charge in [-0.05, 0) is 45.9 Å². The Morgan fingerprint density at radius 1 is 1.08 bits per heavy atom. The molecule has 0 saturated carbocycles. The maximum atomic E-state index is 11.8. The fourth-order valence-corrected chi connectivity index (χ4v) is 2.04. The van der Waals surface area contributed by atoms with Crippen molar-refractivity contribution in [3.05, 3.63) is 48.2 Å². The number of urea groups is 1. The molecule has 7 nitrogen and oxygen atoms in total. The number of hydrogen-bond donors (Lipinski definition) is 3. The lowest BCUT2D eigenvalue weighted by molar-refractivity contribution is -0.121. The smallest absolute Gasteiger partial charge is 0.319 e. The first kappa shape index (κ1) is 19.2. The van der Waals surface area contributed by atoms with Crippen LogP contribution >= 0.6 is 0 Å². The summed E-state index contributed by atoms with van der Waals surface area (Å²) in [7, 11) is 0. The molecule has 1 aromatic carbocycles. The Kier molecular flexibility index (Phi) is 6.16. The van der Waals surface area contributed by atoms with Crippen LogP contribution in [0.4, 0.5) is 10.5 Å². The SMILES string of the molecule is Cc1ccc(Oc2ccc(NC(=O)NCC(=O)NC(C)(C)C)cn2)cc1. The summed E-state index contributed by atoms with van der Waals surface area (Å²) in [6.45, 7) is 7.51. The number of aromatic nitrogens is 1. The lowest BCUT2D eigenvalue weighted by Gasteiger charge is -2.20. The Labute approximate surface area is 153 Å². The van der Waals surface area contributed by atoms with E-state index >= 15 is 0 Å². The fourth-order valence-electron chi connectivity index (χ4n) is 2.04. The summed E-state index contributed by atoms with van der Waals surface area (Å²) in [5, 5.41) is 7.86. The highest BCUT2D eigenvalue weighted by Crippen LogP contribution is 2.20. The van der Waals surface area contributed by atoms with Crippen LogP contribution in [0.15, 0.2) is 42.6 Å². The number of ether oxygens (including phenoxy) is 1. The maximum Gasteiger partial charge on any atom is 0.319 e. The summed E-state index contributed by atoms with van der Waals surface area (Å²) in [6, 6.07) is 10.5. The molecule has 0 fully saturated rings. The third-order valence-corrected chi connectivity index (χ3v) is 3.16. The van der Waals surface area contributed by atoms with Crippen molar-refractivity contribution < 1.29 is 14.3 Å². The number of hydrogen-bond acceptors (Lipinski definition) is 4. The molecule has 26 heavy (non-hydrogen) atoms. The van der Waals surface area contributed by atoms with Crippen LogP contribution in [0.2, 0.25) is 0 Å². The van der Waals surface area contributed by atoms with Crippen molar-refractivity contribution in [1.82, 2.24) is 15.6 Å². The van der Waals surface area contributed by atoms with Gasteiger partial charge >= 0.3 is 6.03 Å². The molecule has 1 heterocycles. The number of benzene rings is 1. The second-order valence-corrected chi connectivity index (χ2v) is 6.91. The number of rotatable bonds is 5. The van der Waals surface area contributed by atoms with Crippen LogP contribution in [0.3, 0.4) is 0 Å². The lowest BCUT2D eigenvalue weighted by Crippen LogP contribution is -2.46. The summed E-state index contributed by atoms with van der Waals surface area (Å²) in [4.78, 5) is 27.7. The molecule has 3 N–H and O–H groups in total. The highest BCUT2D eigenvalue weighted by atomic mass is 16.5. The van der Waals surface area contributed by atoms with Crippen LogP contribution in [0.1, 0.15) is 26.3 Å². The van der Waals surface area contributed by atoms with Crippen molar-refractivity contribution in [2.45, 2.75) is 33.2 Å². The fraction of sp³-hybridized carbons (Fsp3) is 0.316. The van der Waals surface area contributed by atoms with Crippen LogP contribution in [-0.2, 0) is 4.79 Å². The van der Waals surface area contributed by atoms with Crippen molar-refractivity contribution in [1.29, 1.82) is 0 Å². The molecule has 7 heteroatoms. The zero-order valence-corrected chi connectivity index (χ0v) is 15.4. The summed E-state index contributed by atoms with van der Waals surface area (Å²) in [5.74, 6) is 0.850. The largest absolute Gasteiger partial charge is 0.439 e. The monoisotopic (exact) mass is 356 g/mol. The molecule has 0 unspecified atom stereocenters. The van der Waals surface area contributed by atoms with E-state index in [4.69, 9.17) is 4.74 Å². The van der Waals surface area contributed by atoms with Gasteiger partial charge in [-0.1, -0.05) is 17.7 Å². The number of nitrogens with one attached hydrogen (secondary N) is 3. The van der Waals surface area contributed by atoms with Gasteiger partial charge in [-0.2, -0.15) is 0 Å². The number of aryl methyl sites for hydroxylation is 1. The summed E-state index contributed by atoms with van der Waals surface area (Å²) in [6.07, 6.45) is 1.48. The molecule has 1 aromatic heterocycles. The minimum atomic E-state index is -0.483. The summed E-state index contributed by atoms with van der Waals surface area (Å²) >= 11 is 0. The van der Waals surface area contributed by atoms with Gasteiger partial charge in [0.05, 0.1) is 18.4 Å². The van der Waals surface area contributed by atoms with Crippen LogP contribution in [0, 0.1) is 6.92 Å². The molecule has 2 rings (SSSR count). The molecule has 0 atom stereocenters. The number of pyridine rings is 1. The van der Waals surface area contributed by atoms with Gasteiger partial charge in [-0.25, -0.2) is 9.78 Å². The van der Waals surface area contributed by atoms with E-state index < -0.39 is 6.03 Å². The predicted molar refractivity (Wildman–Crippen MR) is 100 cm³/mol. The highest BCUT2D eigenvalue weighted by Gasteiger charge is 2.14. The third kappa shape index (κ3) is 6.80. The van der Waals surface area contributed by atoms with Gasteiger partial charge in [-0.3, -0.25) is 4.79 Å². The van der Waals surface area contributed by atoms with Crippen molar-refractivity contribution in [3.8, 4) is 11.6 Å². The predicted octanol–water partition coefficient (Wildman–Crippen LogP) is 3.22. The molecular formula is C19H24N4O3. The van der Waals surface area contributed by atoms with Crippen molar-refractivity contribution >= 4 is 17.6 Å². The van der Waals surface area contributed by atoms with Crippen molar-refractivity contribution in [2.24, 2.45) is 0 Å². The molecular weight excluding hydrogens is 332 g/mol. The van der Waals surface area contributed by atoms with Crippen molar-refractivity contribution in [3.63, 3.8) is 0 Å². The van der Waals surface area contributed by atoms with Gasteiger partial charge in [0.2, 0.25) is 11.8 Å². The molecule has 2 aromatic rings. The number of anilines is 1. The van der Waals surface area contributed by atoms with Gasteiger partial charge in [-0.15, -0.1) is 0 Å². The third-order valence-electron chi connectivity index (χ3n) is 3.16. The van der Waals surface area contributed by atoms with E-state index in [2.05, 4.69) is 20.9 Å². The minimum absolute atomic E-state index is 0.106. The quantitative estimate of drug-likeness (QED) is 0.767. The molecule has 3 amide bonds. The molecule has 0 bridgehead atoms. The first-order valence-corrected chi connectivity index (χ1v) is 8.28. The highest BCUT2D eigenvalue weighted by molar-refractivity contribution is 5.92. The molecule has 0 radical (unpaired) electrons. The standard InChI is InChI=1S/C19H24N4O3/c1-13-5-8-15(9-6-13)26-17-10-7-14(11-20-17)22-18(25)21-12-16(24)23-19(2,3)4/h5-11H,12H2,1-4H3,(H,23,24)(H2,21,22,25). The Hall–Kier alpha value is -3.09. The molecule has 0 aliphatic rings. The van der Waals surface area contributed by atoms with Gasteiger partial charge in [0, 0.05) is 11.6 Å². The molecule has 0 spiro atoms.